The van der Waals surface area contributed by atoms with Crippen LogP contribution in [0.4, 0.5) is 0 Å². The predicted molar refractivity (Wildman–Crippen MR) is 214 cm³/mol. The number of ether oxygens (including phenoxy) is 2. The van der Waals surface area contributed by atoms with Gasteiger partial charge in [0.15, 0.2) is 5.78 Å². The van der Waals surface area contributed by atoms with Crippen molar-refractivity contribution in [3.63, 3.8) is 0 Å². The number of thiazole rings is 2. The second-order valence-electron chi connectivity index (χ2n) is 17.5. The van der Waals surface area contributed by atoms with Gasteiger partial charge in [-0.05, 0) is 56.0 Å². The highest BCUT2D eigenvalue weighted by Crippen LogP contribution is 2.36. The molecule has 2 aliphatic rings. The zero-order valence-corrected chi connectivity index (χ0v) is 36.1. The van der Waals surface area contributed by atoms with Gasteiger partial charge in [-0.1, -0.05) is 60.1 Å². The third-order valence-electron chi connectivity index (χ3n) is 8.78. The Balaban J connectivity index is 0.000000203. The van der Waals surface area contributed by atoms with E-state index in [-0.39, 0.29) is 23.5 Å². The highest BCUT2D eigenvalue weighted by Gasteiger charge is 2.27. The molecule has 0 saturated heterocycles. The molecule has 11 nitrogen and oxygen atoms in total. The number of carboxylic acid groups (broad SMARTS) is 1. The van der Waals surface area contributed by atoms with Gasteiger partial charge in [-0.2, -0.15) is 10.2 Å². The van der Waals surface area contributed by atoms with Crippen LogP contribution in [0.2, 0.25) is 51.4 Å². The normalized spacial score (nSPS) is 14.3. The number of ketones is 1. The monoisotopic (exact) mass is 784 g/mol. The summed E-state index contributed by atoms with van der Waals surface area (Å²) in [5.41, 5.74) is 4.28. The molecule has 0 radical (unpaired) electrons. The van der Waals surface area contributed by atoms with Crippen LogP contribution in [0.3, 0.4) is 0 Å². The van der Waals surface area contributed by atoms with Crippen LogP contribution >= 0.6 is 22.7 Å². The van der Waals surface area contributed by atoms with E-state index in [1.807, 2.05) is 6.20 Å². The number of hydrogen-bond acceptors (Lipinski definition) is 10. The maximum atomic E-state index is 13.0. The minimum absolute atomic E-state index is 0.0606. The summed E-state index contributed by atoms with van der Waals surface area (Å²) in [4.78, 5) is 36.5. The second-order valence-corrected chi connectivity index (χ2v) is 30.9. The van der Waals surface area contributed by atoms with Gasteiger partial charge in [0.25, 0.3) is 0 Å². The van der Waals surface area contributed by atoms with Crippen molar-refractivity contribution in [1.29, 1.82) is 0 Å². The van der Waals surface area contributed by atoms with Crippen LogP contribution in [-0.2, 0) is 48.6 Å². The summed E-state index contributed by atoms with van der Waals surface area (Å²) in [7, 11) is -2.25. The highest BCUT2D eigenvalue weighted by atomic mass is 32.1. The molecule has 0 amide bonds. The number of aromatic nitrogens is 6. The van der Waals surface area contributed by atoms with Gasteiger partial charge in [0.1, 0.15) is 40.4 Å². The van der Waals surface area contributed by atoms with Crippen molar-refractivity contribution >= 4 is 50.6 Å². The number of fused-ring (bicyclic) bond motifs is 2. The van der Waals surface area contributed by atoms with Crippen molar-refractivity contribution in [1.82, 2.24) is 29.5 Å². The predicted octanol–water partition coefficient (Wildman–Crippen LogP) is 8.93. The van der Waals surface area contributed by atoms with Crippen molar-refractivity contribution in [2.75, 3.05) is 13.2 Å². The molecule has 0 aliphatic heterocycles. The molecule has 52 heavy (non-hydrogen) atoms. The number of Topliss-reactive ketones (excluding diaryl/α,β-unsaturated/α-hetero) is 1. The fourth-order valence-corrected chi connectivity index (χ4v) is 9.70. The summed E-state index contributed by atoms with van der Waals surface area (Å²) in [6, 6.07) is 2.20. The lowest BCUT2D eigenvalue weighted by molar-refractivity contribution is 0.0693. The van der Waals surface area contributed by atoms with E-state index in [0.29, 0.717) is 36.0 Å². The van der Waals surface area contributed by atoms with Crippen molar-refractivity contribution in [2.45, 2.75) is 131 Å². The average Bonchev–Trinajstić information content (AvgIpc) is 3.84. The van der Waals surface area contributed by atoms with E-state index >= 15 is 0 Å². The number of nitrogens with zero attached hydrogens (tertiary/aromatic N) is 6. The second kappa shape index (κ2) is 16.7. The van der Waals surface area contributed by atoms with Gasteiger partial charge in [0.05, 0.1) is 17.0 Å². The molecule has 4 aromatic rings. The van der Waals surface area contributed by atoms with Crippen LogP contribution in [0.15, 0.2) is 12.4 Å². The topological polar surface area (TPSA) is 134 Å². The Morgan fingerprint density at radius 2 is 1.19 bits per heavy atom. The molecular formula is C37H56N6O5S2Si2. The van der Waals surface area contributed by atoms with Crippen LogP contribution in [0.5, 0.6) is 0 Å². The molecule has 0 atom stereocenters. The number of rotatable bonds is 15. The third kappa shape index (κ3) is 11.3. The zero-order valence-electron chi connectivity index (χ0n) is 32.4. The molecule has 15 heteroatoms. The maximum absolute atomic E-state index is 13.0. The van der Waals surface area contributed by atoms with E-state index in [1.54, 1.807) is 38.2 Å². The molecule has 0 saturated carbocycles. The van der Waals surface area contributed by atoms with E-state index in [0.717, 1.165) is 67.2 Å². The lowest BCUT2D eigenvalue weighted by Crippen LogP contribution is -2.22. The summed E-state index contributed by atoms with van der Waals surface area (Å²) >= 11 is 3.26. The standard InChI is InChI=1S/C21H33N3O2SSi.C16H23N3O3SSi/c1-21(2,3)12-17(25)15-13-24(14-26-10-11-28(4,5)6)23-19(15)20-22-16-8-7-9-18(16)27-20;1-24(2,3)8-7-22-10-19-9-11(16(20)21)14(18-19)15-17-12-5-4-6-13(12)23-15/h13H,7-12,14H2,1-6H3;9H,4-8,10H2,1-3H3,(H,20,21). The molecule has 0 unspecified atom stereocenters. The van der Waals surface area contributed by atoms with Crippen molar-refractivity contribution in [2.24, 2.45) is 5.41 Å². The molecule has 1 N–H and O–H groups in total. The Hall–Kier alpha value is -2.83. The van der Waals surface area contributed by atoms with Crippen molar-refractivity contribution < 1.29 is 24.2 Å². The highest BCUT2D eigenvalue weighted by molar-refractivity contribution is 7.15. The molecule has 0 fully saturated rings. The smallest absolute Gasteiger partial charge is 0.339 e. The Labute approximate surface area is 318 Å². The Morgan fingerprint density at radius 3 is 1.60 bits per heavy atom. The van der Waals surface area contributed by atoms with Crippen LogP contribution in [0.1, 0.15) is 81.9 Å². The Morgan fingerprint density at radius 1 is 0.750 bits per heavy atom. The SMILES string of the molecule is CC(C)(C)CC(=O)c1cn(COCC[Si](C)(C)C)nc1-c1nc2c(s1)CCC2.C[Si](C)(C)CCOCn1cc(C(=O)O)c(-c2nc3c(s2)CCC3)n1. The van der Waals surface area contributed by atoms with E-state index < -0.39 is 22.1 Å². The largest absolute Gasteiger partial charge is 0.478 e. The van der Waals surface area contributed by atoms with Crippen LogP contribution in [-0.4, -0.2) is 75.7 Å². The third-order valence-corrected chi connectivity index (χ3v) is 14.5. The number of hydrogen-bond donors (Lipinski definition) is 1. The molecular weight excluding hydrogens is 729 g/mol. The lowest BCUT2D eigenvalue weighted by atomic mass is 9.88. The van der Waals surface area contributed by atoms with Gasteiger partial charge < -0.3 is 14.6 Å². The maximum Gasteiger partial charge on any atom is 0.339 e. The minimum Gasteiger partial charge on any atom is -0.478 e. The molecule has 4 heterocycles. The molecule has 4 aromatic heterocycles. The molecule has 0 bridgehead atoms. The molecule has 0 spiro atoms. The Bertz CT molecular complexity index is 1820. The van der Waals surface area contributed by atoms with Crippen molar-refractivity contribution in [3.05, 3.63) is 44.7 Å². The number of aryl methyl sites for hydroxylation is 4. The quantitative estimate of drug-likeness (QED) is 0.0713. The van der Waals surface area contributed by atoms with E-state index in [9.17, 15) is 14.7 Å². The summed E-state index contributed by atoms with van der Waals surface area (Å²) in [6.45, 7) is 22.3. The van der Waals surface area contributed by atoms with Crippen LogP contribution in [0, 0.1) is 5.41 Å². The van der Waals surface area contributed by atoms with E-state index in [4.69, 9.17) is 19.6 Å². The average molecular weight is 785 g/mol. The zero-order chi connectivity index (χ0) is 37.8. The lowest BCUT2D eigenvalue weighted by Gasteiger charge is -2.16. The summed E-state index contributed by atoms with van der Waals surface area (Å²) in [5, 5.41) is 20.2. The number of carboxylic acids is 1. The summed E-state index contributed by atoms with van der Waals surface area (Å²) < 4.78 is 14.8. The fraction of sp³-hybridized carbons (Fsp3) is 0.622. The van der Waals surface area contributed by atoms with Gasteiger partial charge in [-0.25, -0.2) is 24.1 Å². The van der Waals surface area contributed by atoms with Gasteiger partial charge in [-0.3, -0.25) is 4.79 Å². The minimum atomic E-state index is -1.13. The van der Waals surface area contributed by atoms with E-state index in [2.05, 4.69) is 70.1 Å². The molecule has 284 valence electrons. The van der Waals surface area contributed by atoms with Gasteiger partial charge >= 0.3 is 5.97 Å². The number of aromatic carboxylic acids is 1. The van der Waals surface area contributed by atoms with E-state index in [1.165, 1.54) is 21.9 Å². The first-order valence-corrected chi connectivity index (χ1v) is 27.4. The van der Waals surface area contributed by atoms with Gasteiger partial charge in [-0.15, -0.1) is 22.7 Å². The first kappa shape index (κ1) is 40.4. The van der Waals surface area contributed by atoms with Crippen molar-refractivity contribution in [3.8, 4) is 21.4 Å². The summed E-state index contributed by atoms with van der Waals surface area (Å²) in [5.74, 6) is -0.847. The number of carbonyl (C=O) groups excluding carboxylic acids is 1. The molecule has 6 rings (SSSR count). The van der Waals surface area contributed by atoms with Crippen LogP contribution < -0.4 is 0 Å². The molecule has 2 aliphatic carbocycles. The molecule has 0 aromatic carbocycles. The number of carbonyl (C=O) groups is 2. The van der Waals surface area contributed by atoms with Gasteiger partial charge in [0.2, 0.25) is 0 Å². The summed E-state index contributed by atoms with van der Waals surface area (Å²) in [6.07, 6.45) is 10.4. The van der Waals surface area contributed by atoms with Gasteiger partial charge in [0, 0.05) is 57.9 Å². The van der Waals surface area contributed by atoms with Crippen LogP contribution in [0.25, 0.3) is 21.4 Å². The fourth-order valence-electron chi connectivity index (χ4n) is 5.88. The first-order chi connectivity index (χ1) is 24.3. The Kier molecular flexibility index (Phi) is 12.9. The first-order valence-electron chi connectivity index (χ1n) is 18.4.